The van der Waals surface area contributed by atoms with Gasteiger partial charge in [-0.1, -0.05) is 72.8 Å². The first-order valence-corrected chi connectivity index (χ1v) is 11.5. The first-order chi connectivity index (χ1) is 15.7. The maximum Gasteiger partial charge on any atom is 0.119 e. The molecule has 0 aliphatic carbocycles. The lowest BCUT2D eigenvalue weighted by molar-refractivity contribution is -0.0892. The third-order valence-corrected chi connectivity index (χ3v) is 6.29. The van der Waals surface area contributed by atoms with Crippen molar-refractivity contribution in [1.82, 2.24) is 4.90 Å². The number of hydrogen-bond acceptors (Lipinski definition) is 4. The summed E-state index contributed by atoms with van der Waals surface area (Å²) in [5.74, 6) is 0.831. The summed E-state index contributed by atoms with van der Waals surface area (Å²) in [6.07, 6.45) is 0.177. The van der Waals surface area contributed by atoms with Crippen molar-refractivity contribution in [2.24, 2.45) is 0 Å². The molecule has 1 unspecified atom stereocenters. The van der Waals surface area contributed by atoms with Crippen LogP contribution in [0.5, 0.6) is 5.75 Å². The molecule has 0 amide bonds. The van der Waals surface area contributed by atoms with Gasteiger partial charge < -0.3 is 14.6 Å². The van der Waals surface area contributed by atoms with E-state index >= 15 is 0 Å². The Kier molecular flexibility index (Phi) is 7.59. The topological polar surface area (TPSA) is 41.9 Å². The zero-order valence-corrected chi connectivity index (χ0v) is 18.9. The van der Waals surface area contributed by atoms with Gasteiger partial charge in [-0.05, 0) is 42.7 Å². The number of aliphatic hydroxyl groups is 1. The summed E-state index contributed by atoms with van der Waals surface area (Å²) in [4.78, 5) is 2.38. The number of likely N-dealkylation sites (tertiary alicyclic amines) is 1. The molecule has 1 aliphatic rings. The third-order valence-electron chi connectivity index (χ3n) is 6.29. The number of nitrogens with zero attached hydrogens (tertiary/aromatic N) is 1. The number of piperidine rings is 1. The van der Waals surface area contributed by atoms with Gasteiger partial charge in [0.25, 0.3) is 0 Å². The monoisotopic (exact) mass is 431 g/mol. The van der Waals surface area contributed by atoms with Gasteiger partial charge in [-0.15, -0.1) is 0 Å². The van der Waals surface area contributed by atoms with Crippen molar-refractivity contribution in [2.75, 3.05) is 13.2 Å². The van der Waals surface area contributed by atoms with Crippen LogP contribution in [0.2, 0.25) is 0 Å². The van der Waals surface area contributed by atoms with E-state index in [0.29, 0.717) is 19.6 Å². The molecular weight excluding hydrogens is 398 g/mol. The molecule has 0 spiro atoms. The van der Waals surface area contributed by atoms with Crippen LogP contribution in [0.3, 0.4) is 0 Å². The fourth-order valence-corrected chi connectivity index (χ4v) is 4.64. The lowest BCUT2D eigenvalue weighted by atomic mass is 9.88. The molecule has 0 aromatic heterocycles. The number of rotatable bonds is 8. The highest BCUT2D eigenvalue weighted by Crippen LogP contribution is 2.39. The minimum absolute atomic E-state index is 0.0332. The SMILES string of the molecule is CCO[C@H]1C[C@@H](O)C(c2ccc(OCc3ccccc3)cc2)N([C@H](C)c2ccccc2)C1. The second kappa shape index (κ2) is 10.8. The first-order valence-electron chi connectivity index (χ1n) is 11.5. The Morgan fingerprint density at radius 2 is 1.59 bits per heavy atom. The predicted octanol–water partition coefficient (Wildman–Crippen LogP) is 5.54. The normalized spacial score (nSPS) is 22.4. The largest absolute Gasteiger partial charge is 0.489 e. The van der Waals surface area contributed by atoms with Gasteiger partial charge in [-0.3, -0.25) is 4.90 Å². The molecule has 0 bridgehead atoms. The van der Waals surface area contributed by atoms with Gasteiger partial charge in [0, 0.05) is 25.6 Å². The van der Waals surface area contributed by atoms with Crippen molar-refractivity contribution in [3.63, 3.8) is 0 Å². The predicted molar refractivity (Wildman–Crippen MR) is 128 cm³/mol. The minimum Gasteiger partial charge on any atom is -0.489 e. The Morgan fingerprint density at radius 1 is 0.938 bits per heavy atom. The third kappa shape index (κ3) is 5.39. The summed E-state index contributed by atoms with van der Waals surface area (Å²) < 4.78 is 11.9. The number of aliphatic hydroxyl groups excluding tert-OH is 1. The highest BCUT2D eigenvalue weighted by atomic mass is 16.5. The maximum absolute atomic E-state index is 11.2. The molecule has 4 rings (SSSR count). The molecule has 1 saturated heterocycles. The molecule has 4 heteroatoms. The van der Waals surface area contributed by atoms with Gasteiger partial charge in [-0.25, -0.2) is 0 Å². The Bertz CT molecular complexity index is 945. The summed E-state index contributed by atoms with van der Waals surface area (Å²) in [6.45, 7) is 6.21. The van der Waals surface area contributed by atoms with Gasteiger partial charge >= 0.3 is 0 Å². The van der Waals surface area contributed by atoms with Crippen LogP contribution in [0.25, 0.3) is 0 Å². The molecule has 4 atom stereocenters. The quantitative estimate of drug-likeness (QED) is 0.508. The van der Waals surface area contributed by atoms with E-state index in [1.54, 1.807) is 0 Å². The molecule has 3 aromatic carbocycles. The van der Waals surface area contributed by atoms with Crippen LogP contribution in [0.4, 0.5) is 0 Å². The Morgan fingerprint density at radius 3 is 2.25 bits per heavy atom. The summed E-state index contributed by atoms with van der Waals surface area (Å²) in [5.41, 5.74) is 3.48. The van der Waals surface area contributed by atoms with Crippen LogP contribution < -0.4 is 4.74 Å². The Hall–Kier alpha value is -2.66. The van der Waals surface area contributed by atoms with E-state index in [9.17, 15) is 5.11 Å². The molecule has 168 valence electrons. The standard InChI is InChI=1S/C28H33NO3/c1-3-31-26-18-27(30)28(29(19-26)21(2)23-12-8-5-9-13-23)24-14-16-25(17-15-24)32-20-22-10-6-4-7-11-22/h4-17,21,26-28,30H,3,18-20H2,1-2H3/t21-,26+,27-,28?/m1/s1. The van der Waals surface area contributed by atoms with E-state index in [4.69, 9.17) is 9.47 Å². The summed E-state index contributed by atoms with van der Waals surface area (Å²) in [6, 6.07) is 28.9. The van der Waals surface area contributed by atoms with Crippen LogP contribution >= 0.6 is 0 Å². The van der Waals surface area contributed by atoms with Crippen molar-refractivity contribution < 1.29 is 14.6 Å². The zero-order valence-electron chi connectivity index (χ0n) is 18.9. The molecule has 1 N–H and O–H groups in total. The van der Waals surface area contributed by atoms with Gasteiger partial charge in [0.1, 0.15) is 12.4 Å². The molecule has 0 radical (unpaired) electrons. The van der Waals surface area contributed by atoms with E-state index in [-0.39, 0.29) is 18.2 Å². The van der Waals surface area contributed by atoms with Crippen molar-refractivity contribution in [3.05, 3.63) is 102 Å². The Labute approximate surface area is 191 Å². The summed E-state index contributed by atoms with van der Waals surface area (Å²) in [7, 11) is 0. The second-order valence-electron chi connectivity index (χ2n) is 8.45. The van der Waals surface area contributed by atoms with Crippen molar-refractivity contribution in [3.8, 4) is 5.75 Å². The van der Waals surface area contributed by atoms with E-state index in [2.05, 4.69) is 60.4 Å². The molecule has 1 heterocycles. The number of ether oxygens (including phenoxy) is 2. The van der Waals surface area contributed by atoms with E-state index in [1.165, 1.54) is 5.56 Å². The zero-order chi connectivity index (χ0) is 22.3. The van der Waals surface area contributed by atoms with Crippen LogP contribution in [-0.4, -0.2) is 35.4 Å². The fraction of sp³-hybridized carbons (Fsp3) is 0.357. The van der Waals surface area contributed by atoms with Crippen molar-refractivity contribution in [2.45, 2.75) is 51.2 Å². The average molecular weight is 432 g/mol. The molecule has 32 heavy (non-hydrogen) atoms. The minimum atomic E-state index is -0.498. The average Bonchev–Trinajstić information content (AvgIpc) is 2.84. The van der Waals surface area contributed by atoms with Gasteiger partial charge in [0.2, 0.25) is 0 Å². The molecule has 4 nitrogen and oxygen atoms in total. The lowest BCUT2D eigenvalue weighted by Gasteiger charge is -2.46. The highest BCUT2D eigenvalue weighted by molar-refractivity contribution is 5.31. The van der Waals surface area contributed by atoms with Crippen molar-refractivity contribution in [1.29, 1.82) is 0 Å². The molecule has 3 aromatic rings. The van der Waals surface area contributed by atoms with Crippen LogP contribution in [-0.2, 0) is 11.3 Å². The second-order valence-corrected chi connectivity index (χ2v) is 8.45. The molecule has 1 aliphatic heterocycles. The van der Waals surface area contributed by atoms with Gasteiger partial charge in [-0.2, -0.15) is 0 Å². The molecular formula is C28H33NO3. The van der Waals surface area contributed by atoms with Crippen LogP contribution in [0, 0.1) is 0 Å². The van der Waals surface area contributed by atoms with E-state index in [1.807, 2.05) is 43.3 Å². The fourth-order valence-electron chi connectivity index (χ4n) is 4.64. The number of benzene rings is 3. The smallest absolute Gasteiger partial charge is 0.119 e. The Balaban J connectivity index is 1.53. The van der Waals surface area contributed by atoms with E-state index < -0.39 is 6.10 Å². The molecule has 0 saturated carbocycles. The van der Waals surface area contributed by atoms with Gasteiger partial charge in [0.15, 0.2) is 0 Å². The summed E-state index contributed by atoms with van der Waals surface area (Å²) >= 11 is 0. The van der Waals surface area contributed by atoms with Crippen LogP contribution in [0.15, 0.2) is 84.9 Å². The number of hydrogen-bond donors (Lipinski definition) is 1. The highest BCUT2D eigenvalue weighted by Gasteiger charge is 2.39. The van der Waals surface area contributed by atoms with E-state index in [0.717, 1.165) is 23.4 Å². The van der Waals surface area contributed by atoms with Crippen LogP contribution in [0.1, 0.15) is 49.0 Å². The molecule has 1 fully saturated rings. The van der Waals surface area contributed by atoms with Gasteiger partial charge in [0.05, 0.1) is 18.2 Å². The lowest BCUT2D eigenvalue weighted by Crippen LogP contribution is -2.49. The van der Waals surface area contributed by atoms with Crippen molar-refractivity contribution >= 4 is 0 Å². The summed E-state index contributed by atoms with van der Waals surface area (Å²) in [5, 5.41) is 11.2. The maximum atomic E-state index is 11.2. The first kappa shape index (κ1) is 22.5.